The zero-order valence-electron chi connectivity index (χ0n) is 15.4. The highest BCUT2D eigenvalue weighted by molar-refractivity contribution is 5.94. The number of aryl methyl sites for hydroxylation is 1. The molecule has 0 aliphatic heterocycles. The van der Waals surface area contributed by atoms with Gasteiger partial charge < -0.3 is 16.4 Å². The molecule has 1 saturated carbocycles. The van der Waals surface area contributed by atoms with Crippen LogP contribution in [0.2, 0.25) is 0 Å². The maximum atomic E-state index is 12.2. The number of rotatable bonds is 7. The van der Waals surface area contributed by atoms with E-state index in [1.165, 1.54) is 0 Å². The number of halogens is 1. The van der Waals surface area contributed by atoms with Crippen LogP contribution in [0.1, 0.15) is 43.4 Å². The maximum absolute atomic E-state index is 12.2. The summed E-state index contributed by atoms with van der Waals surface area (Å²) in [5.74, 6) is 0.276. The van der Waals surface area contributed by atoms with E-state index in [0.29, 0.717) is 12.8 Å². The van der Waals surface area contributed by atoms with E-state index < -0.39 is 0 Å². The van der Waals surface area contributed by atoms with Crippen LogP contribution in [-0.2, 0) is 16.0 Å². The second-order valence-corrected chi connectivity index (χ2v) is 6.87. The summed E-state index contributed by atoms with van der Waals surface area (Å²) < 4.78 is 0. The number of nitrogens with one attached hydrogen (secondary N) is 2. The van der Waals surface area contributed by atoms with Crippen LogP contribution in [0.4, 0.5) is 11.4 Å². The summed E-state index contributed by atoms with van der Waals surface area (Å²) in [7, 11) is 0. The first-order valence-corrected chi connectivity index (χ1v) is 9.06. The number of nitrogen functional groups attached to an aromatic ring is 1. The lowest BCUT2D eigenvalue weighted by molar-refractivity contribution is -0.121. The molecule has 3 rings (SSSR count). The minimum atomic E-state index is -0.0937. The molecule has 4 N–H and O–H groups in total. The smallest absolute Gasteiger partial charge is 0.227 e. The molecular weight excluding hydrogens is 362 g/mol. The average Bonchev–Trinajstić information content (AvgIpc) is 3.47. The van der Waals surface area contributed by atoms with E-state index in [1.807, 2.05) is 55.5 Å². The van der Waals surface area contributed by atoms with Crippen molar-refractivity contribution in [3.63, 3.8) is 0 Å². The van der Waals surface area contributed by atoms with E-state index in [2.05, 4.69) is 10.6 Å². The molecule has 1 aliphatic carbocycles. The van der Waals surface area contributed by atoms with Crippen LogP contribution in [0.3, 0.4) is 0 Å². The predicted molar refractivity (Wildman–Crippen MR) is 111 cm³/mol. The molecule has 0 aromatic heterocycles. The van der Waals surface area contributed by atoms with E-state index in [0.717, 1.165) is 35.3 Å². The number of carbonyl (C=O) groups excluding carboxylic acids is 2. The molecule has 0 heterocycles. The van der Waals surface area contributed by atoms with Gasteiger partial charge in [-0.25, -0.2) is 0 Å². The Hall–Kier alpha value is -2.53. The summed E-state index contributed by atoms with van der Waals surface area (Å²) in [6.45, 7) is 1.95. The van der Waals surface area contributed by atoms with Gasteiger partial charge in [-0.3, -0.25) is 9.59 Å². The molecular formula is C21H26ClN3O2. The van der Waals surface area contributed by atoms with E-state index in [1.54, 1.807) is 0 Å². The number of hydrogen-bond donors (Lipinski definition) is 3. The van der Waals surface area contributed by atoms with Crippen molar-refractivity contribution >= 4 is 35.6 Å². The fourth-order valence-corrected chi connectivity index (χ4v) is 2.85. The van der Waals surface area contributed by atoms with Gasteiger partial charge in [0, 0.05) is 23.7 Å². The van der Waals surface area contributed by atoms with Gasteiger partial charge in [0.15, 0.2) is 0 Å². The zero-order chi connectivity index (χ0) is 18.5. The summed E-state index contributed by atoms with van der Waals surface area (Å²) in [5, 5.41) is 5.92. The third kappa shape index (κ3) is 6.00. The molecule has 1 aliphatic rings. The Kier molecular flexibility index (Phi) is 7.25. The lowest BCUT2D eigenvalue weighted by Crippen LogP contribution is -2.26. The van der Waals surface area contributed by atoms with Crippen molar-refractivity contribution in [3.05, 3.63) is 59.7 Å². The van der Waals surface area contributed by atoms with Crippen LogP contribution in [0.5, 0.6) is 0 Å². The van der Waals surface area contributed by atoms with Crippen LogP contribution < -0.4 is 16.4 Å². The van der Waals surface area contributed by atoms with Crippen molar-refractivity contribution in [2.45, 2.75) is 38.6 Å². The van der Waals surface area contributed by atoms with Gasteiger partial charge >= 0.3 is 0 Å². The number of amides is 2. The number of nitrogens with two attached hydrogens (primary N) is 1. The Bertz CT molecular complexity index is 788. The molecule has 6 heteroatoms. The first-order valence-electron chi connectivity index (χ1n) is 9.06. The molecule has 1 atom stereocenters. The second-order valence-electron chi connectivity index (χ2n) is 6.87. The van der Waals surface area contributed by atoms with E-state index >= 15 is 0 Å². The summed E-state index contributed by atoms with van der Waals surface area (Å²) in [6, 6.07) is 15.1. The standard InChI is InChI=1S/C21H25N3O2.ClH/c1-14(23-20(25)13-10-16-4-2-3-5-19(16)22)15-8-11-18(12-9-15)24-21(26)17-6-7-17;/h2-5,8-9,11-12,14,17H,6-7,10,13,22H2,1H3,(H,23,25)(H,24,26);1H. The highest BCUT2D eigenvalue weighted by Gasteiger charge is 2.29. The van der Waals surface area contributed by atoms with Crippen molar-refractivity contribution in [1.29, 1.82) is 0 Å². The molecule has 1 fully saturated rings. The molecule has 0 spiro atoms. The molecule has 5 nitrogen and oxygen atoms in total. The SMILES string of the molecule is CC(NC(=O)CCc1ccccc1N)c1ccc(NC(=O)C2CC2)cc1.Cl. The fraction of sp³-hybridized carbons (Fsp3) is 0.333. The normalized spacial score (nSPS) is 14.0. The van der Waals surface area contributed by atoms with Crippen molar-refractivity contribution in [2.24, 2.45) is 5.92 Å². The monoisotopic (exact) mass is 387 g/mol. The summed E-state index contributed by atoms with van der Waals surface area (Å²) in [4.78, 5) is 24.0. The van der Waals surface area contributed by atoms with Gasteiger partial charge in [-0.2, -0.15) is 0 Å². The fourth-order valence-electron chi connectivity index (χ4n) is 2.85. The highest BCUT2D eigenvalue weighted by Crippen LogP contribution is 2.30. The maximum Gasteiger partial charge on any atom is 0.227 e. The van der Waals surface area contributed by atoms with Gasteiger partial charge in [0.05, 0.1) is 6.04 Å². The largest absolute Gasteiger partial charge is 0.399 e. The predicted octanol–water partition coefficient (Wildman–Crippen LogP) is 3.85. The Morgan fingerprint density at radius 3 is 2.41 bits per heavy atom. The van der Waals surface area contributed by atoms with Gasteiger partial charge in [0.2, 0.25) is 11.8 Å². The molecule has 0 bridgehead atoms. The molecule has 1 unspecified atom stereocenters. The number of para-hydroxylation sites is 1. The lowest BCUT2D eigenvalue weighted by atomic mass is 10.1. The van der Waals surface area contributed by atoms with Crippen LogP contribution in [0.25, 0.3) is 0 Å². The van der Waals surface area contributed by atoms with E-state index in [9.17, 15) is 9.59 Å². The summed E-state index contributed by atoms with van der Waals surface area (Å²) >= 11 is 0. The number of benzene rings is 2. The molecule has 2 aromatic carbocycles. The van der Waals surface area contributed by atoms with Crippen molar-refractivity contribution in [2.75, 3.05) is 11.1 Å². The highest BCUT2D eigenvalue weighted by atomic mass is 35.5. The van der Waals surface area contributed by atoms with E-state index in [-0.39, 0.29) is 36.2 Å². The zero-order valence-corrected chi connectivity index (χ0v) is 16.2. The van der Waals surface area contributed by atoms with Crippen LogP contribution in [0.15, 0.2) is 48.5 Å². The molecule has 0 radical (unpaired) electrons. The topological polar surface area (TPSA) is 84.2 Å². The Balaban J connectivity index is 0.00000261. The number of carbonyl (C=O) groups is 2. The van der Waals surface area contributed by atoms with Gasteiger partial charge in [-0.1, -0.05) is 30.3 Å². The first-order chi connectivity index (χ1) is 12.5. The Morgan fingerprint density at radius 1 is 1.11 bits per heavy atom. The number of hydrogen-bond acceptors (Lipinski definition) is 3. The minimum Gasteiger partial charge on any atom is -0.399 e. The van der Waals surface area contributed by atoms with Gasteiger partial charge in [-0.15, -0.1) is 12.4 Å². The average molecular weight is 388 g/mol. The van der Waals surface area contributed by atoms with Crippen LogP contribution in [0, 0.1) is 5.92 Å². The Morgan fingerprint density at radius 2 is 1.78 bits per heavy atom. The molecule has 2 amide bonds. The molecule has 144 valence electrons. The molecule has 0 saturated heterocycles. The van der Waals surface area contributed by atoms with Crippen LogP contribution in [-0.4, -0.2) is 11.8 Å². The van der Waals surface area contributed by atoms with Gasteiger partial charge in [0.1, 0.15) is 0 Å². The van der Waals surface area contributed by atoms with Crippen molar-refractivity contribution in [3.8, 4) is 0 Å². The van der Waals surface area contributed by atoms with Gasteiger partial charge in [-0.05, 0) is 55.5 Å². The summed E-state index contributed by atoms with van der Waals surface area (Å²) in [5.41, 5.74) is 9.42. The summed E-state index contributed by atoms with van der Waals surface area (Å²) in [6.07, 6.45) is 2.99. The second kappa shape index (κ2) is 9.42. The number of anilines is 2. The van der Waals surface area contributed by atoms with Crippen molar-refractivity contribution in [1.82, 2.24) is 5.32 Å². The quantitative estimate of drug-likeness (QED) is 0.631. The van der Waals surface area contributed by atoms with E-state index in [4.69, 9.17) is 5.73 Å². The molecule has 2 aromatic rings. The lowest BCUT2D eigenvalue weighted by Gasteiger charge is -2.15. The first kappa shape index (κ1) is 20.8. The van der Waals surface area contributed by atoms with Crippen molar-refractivity contribution < 1.29 is 9.59 Å². The Labute approximate surface area is 166 Å². The van der Waals surface area contributed by atoms with Crippen LogP contribution >= 0.6 is 12.4 Å². The molecule has 27 heavy (non-hydrogen) atoms. The third-order valence-electron chi connectivity index (χ3n) is 4.68. The van der Waals surface area contributed by atoms with Gasteiger partial charge in [0.25, 0.3) is 0 Å². The third-order valence-corrected chi connectivity index (χ3v) is 4.68. The minimum absolute atomic E-state index is 0.